The van der Waals surface area contributed by atoms with Gasteiger partial charge in [-0.05, 0) is 37.1 Å². The molecule has 0 aliphatic carbocycles. The molecule has 0 bridgehead atoms. The molecule has 21 heavy (non-hydrogen) atoms. The van der Waals surface area contributed by atoms with Gasteiger partial charge >= 0.3 is 5.97 Å². The molecule has 0 atom stereocenters. The van der Waals surface area contributed by atoms with Crippen LogP contribution in [-0.2, 0) is 9.78 Å². The third-order valence-electron chi connectivity index (χ3n) is 2.97. The molecular weight excluding hydrogens is 268 g/mol. The number of carbonyl (C=O) groups excluding carboxylic acids is 1. The molecule has 0 saturated heterocycles. The lowest BCUT2D eigenvalue weighted by molar-refractivity contribution is -0.241. The number of carbonyl (C=O) groups is 1. The zero-order valence-electron chi connectivity index (χ0n) is 12.8. The van der Waals surface area contributed by atoms with E-state index in [-0.39, 0.29) is 0 Å². The Morgan fingerprint density at radius 2 is 1.81 bits per heavy atom. The second-order valence-electron chi connectivity index (χ2n) is 4.83. The van der Waals surface area contributed by atoms with E-state index in [1.165, 1.54) is 19.3 Å². The predicted octanol–water partition coefficient (Wildman–Crippen LogP) is 4.35. The lowest BCUT2D eigenvalue weighted by atomic mass is 10.2. The monoisotopic (exact) mass is 293 g/mol. The highest BCUT2D eigenvalue weighted by Crippen LogP contribution is 2.14. The van der Waals surface area contributed by atoms with Gasteiger partial charge in [0.1, 0.15) is 5.75 Å². The van der Waals surface area contributed by atoms with Crippen molar-refractivity contribution < 1.29 is 19.3 Å². The van der Waals surface area contributed by atoms with Crippen LogP contribution in [-0.4, -0.2) is 19.2 Å². The van der Waals surface area contributed by atoms with E-state index in [0.29, 0.717) is 18.8 Å². The first-order valence-corrected chi connectivity index (χ1v) is 7.63. The van der Waals surface area contributed by atoms with Crippen molar-refractivity contribution in [3.05, 3.63) is 36.8 Å². The normalized spacial score (nSPS) is 10.4. The van der Waals surface area contributed by atoms with Crippen LogP contribution >= 0.6 is 0 Å². The number of rotatable bonds is 11. The van der Waals surface area contributed by atoms with Gasteiger partial charge in [0.05, 0.1) is 18.8 Å². The van der Waals surface area contributed by atoms with Gasteiger partial charge in [-0.2, -0.15) is 4.89 Å². The molecule has 117 valence electrons. The quantitative estimate of drug-likeness (QED) is 0.346. The minimum atomic E-state index is -0.492. The van der Waals surface area contributed by atoms with E-state index in [1.807, 2.05) is 0 Å². The van der Waals surface area contributed by atoms with Crippen LogP contribution in [0.15, 0.2) is 24.3 Å². The fourth-order valence-corrected chi connectivity index (χ4v) is 1.71. The van der Waals surface area contributed by atoms with Crippen LogP contribution in [0.25, 0.3) is 0 Å². The number of ether oxygens (including phenoxy) is 1. The third-order valence-corrected chi connectivity index (χ3v) is 2.97. The van der Waals surface area contributed by atoms with Crippen LogP contribution in [0.5, 0.6) is 5.75 Å². The Bertz CT molecular complexity index is 386. The summed E-state index contributed by atoms with van der Waals surface area (Å²) in [7, 11) is 0. The highest BCUT2D eigenvalue weighted by atomic mass is 17.2. The fraction of sp³-hybridized carbons (Fsp3) is 0.529. The number of benzene rings is 1. The molecule has 1 aromatic carbocycles. The second kappa shape index (κ2) is 11.1. The van der Waals surface area contributed by atoms with E-state index < -0.39 is 5.97 Å². The number of hydrogen-bond donors (Lipinski definition) is 0. The Hall–Kier alpha value is -1.55. The smallest absolute Gasteiger partial charge is 0.373 e. The van der Waals surface area contributed by atoms with E-state index in [9.17, 15) is 4.79 Å². The molecule has 0 spiro atoms. The maximum Gasteiger partial charge on any atom is 0.373 e. The maximum absolute atomic E-state index is 11.6. The molecule has 1 radical (unpaired) electrons. The Labute approximate surface area is 127 Å². The molecule has 0 N–H and O–H groups in total. The van der Waals surface area contributed by atoms with Gasteiger partial charge in [0.25, 0.3) is 0 Å². The summed E-state index contributed by atoms with van der Waals surface area (Å²) in [5.41, 5.74) is 0.447. The van der Waals surface area contributed by atoms with Crippen molar-refractivity contribution in [3.8, 4) is 5.75 Å². The first-order valence-electron chi connectivity index (χ1n) is 7.63. The maximum atomic E-state index is 11.6. The van der Waals surface area contributed by atoms with Crippen LogP contribution < -0.4 is 4.74 Å². The van der Waals surface area contributed by atoms with Gasteiger partial charge in [0.2, 0.25) is 0 Å². The van der Waals surface area contributed by atoms with Crippen molar-refractivity contribution in [2.45, 2.75) is 45.4 Å². The van der Waals surface area contributed by atoms with Gasteiger partial charge in [-0.25, -0.2) is 4.79 Å². The summed E-state index contributed by atoms with van der Waals surface area (Å²) in [4.78, 5) is 21.1. The van der Waals surface area contributed by atoms with Gasteiger partial charge in [-0.3, -0.25) is 4.89 Å². The van der Waals surface area contributed by atoms with E-state index >= 15 is 0 Å². The summed E-state index contributed by atoms with van der Waals surface area (Å²) in [6.07, 6.45) is 6.21. The summed E-state index contributed by atoms with van der Waals surface area (Å²) >= 11 is 0. The van der Waals surface area contributed by atoms with Crippen LogP contribution in [0.1, 0.15) is 55.8 Å². The Balaban J connectivity index is 2.27. The van der Waals surface area contributed by atoms with E-state index in [1.54, 1.807) is 24.3 Å². The van der Waals surface area contributed by atoms with Crippen molar-refractivity contribution >= 4 is 5.97 Å². The lowest BCUT2D eigenvalue weighted by Gasteiger charge is -2.07. The molecule has 0 unspecified atom stereocenters. The molecule has 1 aromatic rings. The van der Waals surface area contributed by atoms with Crippen molar-refractivity contribution in [1.29, 1.82) is 0 Å². The molecule has 1 rings (SSSR count). The first-order chi connectivity index (χ1) is 10.3. The van der Waals surface area contributed by atoms with Crippen LogP contribution in [0.2, 0.25) is 0 Å². The van der Waals surface area contributed by atoms with Crippen LogP contribution in [0.3, 0.4) is 0 Å². The van der Waals surface area contributed by atoms with Gasteiger partial charge < -0.3 is 4.74 Å². The van der Waals surface area contributed by atoms with E-state index in [0.717, 1.165) is 25.0 Å². The SMILES string of the molecule is [CH2]CCCOOC(=O)c1ccc(OCCCCCC)cc1. The predicted molar refractivity (Wildman–Crippen MR) is 82.0 cm³/mol. The summed E-state index contributed by atoms with van der Waals surface area (Å²) < 4.78 is 5.61. The molecule has 0 fully saturated rings. The summed E-state index contributed by atoms with van der Waals surface area (Å²) in [5, 5.41) is 0. The zero-order valence-corrected chi connectivity index (χ0v) is 12.8. The molecule has 0 amide bonds. The molecule has 4 heteroatoms. The van der Waals surface area contributed by atoms with Crippen LogP contribution in [0, 0.1) is 6.92 Å². The Kier molecular flexibility index (Phi) is 9.29. The highest BCUT2D eigenvalue weighted by Gasteiger charge is 2.08. The Morgan fingerprint density at radius 1 is 1.05 bits per heavy atom. The van der Waals surface area contributed by atoms with Crippen molar-refractivity contribution in [2.24, 2.45) is 0 Å². The molecule has 4 nitrogen and oxygen atoms in total. The molecule has 0 aromatic heterocycles. The largest absolute Gasteiger partial charge is 0.494 e. The summed E-state index contributed by atoms with van der Waals surface area (Å²) in [6, 6.07) is 6.89. The average molecular weight is 293 g/mol. The summed E-state index contributed by atoms with van der Waals surface area (Å²) in [5.74, 6) is 0.273. The highest BCUT2D eigenvalue weighted by molar-refractivity contribution is 5.89. The van der Waals surface area contributed by atoms with Crippen molar-refractivity contribution in [3.63, 3.8) is 0 Å². The van der Waals surface area contributed by atoms with Crippen LogP contribution in [0.4, 0.5) is 0 Å². The number of unbranched alkanes of at least 4 members (excludes halogenated alkanes) is 4. The topological polar surface area (TPSA) is 44.8 Å². The minimum Gasteiger partial charge on any atom is -0.494 e. The van der Waals surface area contributed by atoms with Crippen molar-refractivity contribution in [2.75, 3.05) is 13.2 Å². The standard InChI is InChI=1S/C17H25O4/c1-3-5-7-8-13-19-16-11-9-15(10-12-16)17(18)21-20-14-6-4-2/h9-12H,2-8,13-14H2,1H3. The van der Waals surface area contributed by atoms with E-state index in [2.05, 4.69) is 18.7 Å². The third kappa shape index (κ3) is 7.71. The minimum absolute atomic E-state index is 0.369. The van der Waals surface area contributed by atoms with Crippen molar-refractivity contribution in [1.82, 2.24) is 0 Å². The van der Waals surface area contributed by atoms with E-state index in [4.69, 9.17) is 9.62 Å². The van der Waals surface area contributed by atoms with Gasteiger partial charge in [0, 0.05) is 0 Å². The van der Waals surface area contributed by atoms with Gasteiger partial charge in [-0.15, -0.1) is 0 Å². The van der Waals surface area contributed by atoms with Gasteiger partial charge in [-0.1, -0.05) is 39.5 Å². The molecule has 0 saturated carbocycles. The molecule has 0 aliphatic rings. The summed E-state index contributed by atoms with van der Waals surface area (Å²) in [6.45, 7) is 6.93. The zero-order chi connectivity index (χ0) is 15.3. The molecular formula is C17H25O4. The molecule has 0 aliphatic heterocycles. The van der Waals surface area contributed by atoms with Gasteiger partial charge in [0.15, 0.2) is 0 Å². The molecule has 0 heterocycles. The Morgan fingerprint density at radius 3 is 2.48 bits per heavy atom. The average Bonchev–Trinajstić information content (AvgIpc) is 2.52. The first kappa shape index (κ1) is 17.5. The second-order valence-corrected chi connectivity index (χ2v) is 4.83. The number of hydrogen-bond acceptors (Lipinski definition) is 4. The lowest BCUT2D eigenvalue weighted by Crippen LogP contribution is -2.07. The fourth-order valence-electron chi connectivity index (χ4n) is 1.71.